The van der Waals surface area contributed by atoms with Crippen molar-refractivity contribution in [1.82, 2.24) is 20.6 Å². The van der Waals surface area contributed by atoms with Crippen molar-refractivity contribution in [2.45, 2.75) is 40.2 Å². The second-order valence-corrected chi connectivity index (χ2v) is 7.83. The molecule has 4 N–H and O–H groups in total. The monoisotopic (exact) mass is 397 g/mol. The van der Waals surface area contributed by atoms with Crippen LogP contribution >= 0.6 is 11.3 Å². The number of fused-ring (bicyclic) bond motifs is 1. The predicted molar refractivity (Wildman–Crippen MR) is 117 cm³/mol. The number of carbonyl (C=O) groups is 1. The van der Waals surface area contributed by atoms with E-state index in [0.29, 0.717) is 11.4 Å². The Balaban J connectivity index is 2.01. The first-order valence-corrected chi connectivity index (χ1v) is 10.5. The number of aryl methyl sites for hydroxylation is 1. The lowest BCUT2D eigenvalue weighted by Gasteiger charge is -2.11. The van der Waals surface area contributed by atoms with Gasteiger partial charge in [-0.25, -0.2) is 9.97 Å². The van der Waals surface area contributed by atoms with Crippen LogP contribution in [0.1, 0.15) is 47.5 Å². The molecule has 0 aliphatic heterocycles. The van der Waals surface area contributed by atoms with Crippen molar-refractivity contribution in [3.05, 3.63) is 40.3 Å². The van der Waals surface area contributed by atoms with Crippen LogP contribution in [0.4, 0.5) is 5.95 Å². The molecule has 148 valence electrons. The molecule has 0 radical (unpaired) electrons. The number of nitrogens with zero attached hydrogens (tertiary/aromatic N) is 2. The van der Waals surface area contributed by atoms with Crippen LogP contribution in [0.3, 0.4) is 0 Å². The lowest BCUT2D eigenvalue weighted by atomic mass is 10.00. The van der Waals surface area contributed by atoms with E-state index in [-0.39, 0.29) is 11.9 Å². The van der Waals surface area contributed by atoms with Gasteiger partial charge in [-0.05, 0) is 50.1 Å². The highest BCUT2D eigenvalue weighted by molar-refractivity contribution is 7.20. The molecule has 0 atom stereocenters. The fraction of sp³-hybridized carbons (Fsp3) is 0.381. The Morgan fingerprint density at radius 3 is 2.79 bits per heavy atom. The number of amides is 1. The van der Waals surface area contributed by atoms with Crippen LogP contribution < -0.4 is 16.4 Å². The van der Waals surface area contributed by atoms with Crippen LogP contribution in [0.2, 0.25) is 0 Å². The fourth-order valence-corrected chi connectivity index (χ4v) is 4.03. The van der Waals surface area contributed by atoms with E-state index >= 15 is 0 Å². The Bertz CT molecular complexity index is 982. The number of rotatable bonds is 8. The van der Waals surface area contributed by atoms with E-state index in [2.05, 4.69) is 52.6 Å². The molecule has 0 aliphatic rings. The van der Waals surface area contributed by atoms with E-state index in [1.54, 1.807) is 0 Å². The molecular formula is C21H27N5OS. The largest absolute Gasteiger partial charge is 0.368 e. The minimum absolute atomic E-state index is 0.0966. The molecule has 7 heteroatoms. The molecule has 2 aromatic heterocycles. The zero-order valence-electron chi connectivity index (χ0n) is 16.6. The average molecular weight is 398 g/mol. The number of nitrogen functional groups attached to an aromatic ring is 1. The number of unbranched alkanes of at least 4 members (excludes halogenated alkanes) is 1. The molecule has 0 saturated carbocycles. The van der Waals surface area contributed by atoms with Crippen molar-refractivity contribution >= 4 is 33.4 Å². The van der Waals surface area contributed by atoms with Crippen molar-refractivity contribution in [2.24, 2.45) is 0 Å². The van der Waals surface area contributed by atoms with Gasteiger partial charge in [0, 0.05) is 24.0 Å². The fourth-order valence-electron chi connectivity index (χ4n) is 3.07. The number of benzene rings is 1. The molecule has 3 aromatic rings. The van der Waals surface area contributed by atoms with Crippen molar-refractivity contribution in [2.75, 3.05) is 18.8 Å². The summed E-state index contributed by atoms with van der Waals surface area (Å²) in [5, 5.41) is 7.17. The van der Waals surface area contributed by atoms with Gasteiger partial charge in [0.1, 0.15) is 4.83 Å². The molecule has 0 spiro atoms. The van der Waals surface area contributed by atoms with Crippen LogP contribution in [-0.2, 0) is 6.54 Å². The Kier molecular flexibility index (Phi) is 6.59. The minimum Gasteiger partial charge on any atom is -0.368 e. The Morgan fingerprint density at radius 1 is 1.21 bits per heavy atom. The number of thiophene rings is 1. The van der Waals surface area contributed by atoms with Crippen molar-refractivity contribution in [3.8, 4) is 11.3 Å². The Hall–Kier alpha value is -2.51. The highest BCUT2D eigenvalue weighted by atomic mass is 32.1. The van der Waals surface area contributed by atoms with Gasteiger partial charge in [0.2, 0.25) is 5.95 Å². The van der Waals surface area contributed by atoms with Crippen LogP contribution in [0.15, 0.2) is 24.3 Å². The first-order chi connectivity index (χ1) is 13.5. The van der Waals surface area contributed by atoms with E-state index in [1.165, 1.54) is 29.7 Å². The third-order valence-electron chi connectivity index (χ3n) is 4.56. The predicted octanol–water partition coefficient (Wildman–Crippen LogP) is 3.89. The van der Waals surface area contributed by atoms with Gasteiger partial charge in [0.15, 0.2) is 0 Å². The van der Waals surface area contributed by atoms with E-state index in [9.17, 15) is 4.79 Å². The van der Waals surface area contributed by atoms with Crippen molar-refractivity contribution < 1.29 is 4.79 Å². The molecule has 3 rings (SSSR count). The highest BCUT2D eigenvalue weighted by Gasteiger charge is 2.17. The standard InChI is InChI=1S/C21H27N5OS/c1-4-6-9-23-12-14-8-7-13(3)15(10-14)18-16-11-17(19(27)24-5-2)28-20(16)26-21(22)25-18/h7-8,10-11,23H,4-6,9,12H2,1-3H3,(H,24,27)(H2,22,25,26). The lowest BCUT2D eigenvalue weighted by molar-refractivity contribution is 0.0960. The molecule has 0 unspecified atom stereocenters. The van der Waals surface area contributed by atoms with Gasteiger partial charge in [-0.1, -0.05) is 25.5 Å². The zero-order valence-corrected chi connectivity index (χ0v) is 17.4. The number of nitrogens with one attached hydrogen (secondary N) is 2. The topological polar surface area (TPSA) is 92.9 Å². The molecule has 0 bridgehead atoms. The smallest absolute Gasteiger partial charge is 0.261 e. The SMILES string of the molecule is CCCCNCc1ccc(C)c(-c2nc(N)nc3sc(C(=O)NCC)cc23)c1. The zero-order chi connectivity index (χ0) is 20.1. The maximum absolute atomic E-state index is 12.3. The molecule has 28 heavy (non-hydrogen) atoms. The van der Waals surface area contributed by atoms with Crippen LogP contribution in [0.5, 0.6) is 0 Å². The van der Waals surface area contributed by atoms with Gasteiger partial charge < -0.3 is 16.4 Å². The lowest BCUT2D eigenvalue weighted by Crippen LogP contribution is -2.21. The quantitative estimate of drug-likeness (QED) is 0.502. The van der Waals surface area contributed by atoms with Gasteiger partial charge in [0.05, 0.1) is 10.6 Å². The summed E-state index contributed by atoms with van der Waals surface area (Å²) < 4.78 is 0. The summed E-state index contributed by atoms with van der Waals surface area (Å²) in [5.41, 5.74) is 10.1. The molecule has 6 nitrogen and oxygen atoms in total. The Morgan fingerprint density at radius 2 is 2.04 bits per heavy atom. The van der Waals surface area contributed by atoms with Gasteiger partial charge in [-0.2, -0.15) is 0 Å². The first kappa shape index (κ1) is 20.2. The summed E-state index contributed by atoms with van der Waals surface area (Å²) >= 11 is 1.34. The molecule has 0 fully saturated rings. The van der Waals surface area contributed by atoms with Gasteiger partial charge >= 0.3 is 0 Å². The van der Waals surface area contributed by atoms with E-state index < -0.39 is 0 Å². The summed E-state index contributed by atoms with van der Waals surface area (Å²) in [6, 6.07) is 8.25. The molecule has 0 aliphatic carbocycles. The molecule has 0 saturated heterocycles. The second kappa shape index (κ2) is 9.12. The number of nitrogens with two attached hydrogens (primary N) is 1. The third kappa shape index (κ3) is 4.48. The van der Waals surface area contributed by atoms with Crippen molar-refractivity contribution in [3.63, 3.8) is 0 Å². The number of anilines is 1. The summed E-state index contributed by atoms with van der Waals surface area (Å²) in [6.45, 7) is 8.55. The average Bonchev–Trinajstić information content (AvgIpc) is 3.10. The van der Waals surface area contributed by atoms with E-state index in [4.69, 9.17) is 5.73 Å². The molecule has 1 aromatic carbocycles. The Labute approximate surface area is 169 Å². The van der Waals surface area contributed by atoms with Crippen LogP contribution in [0, 0.1) is 6.92 Å². The normalized spacial score (nSPS) is 11.1. The number of carbonyl (C=O) groups excluding carboxylic acids is 1. The van der Waals surface area contributed by atoms with Gasteiger partial charge in [-0.15, -0.1) is 11.3 Å². The summed E-state index contributed by atoms with van der Waals surface area (Å²) in [4.78, 5) is 22.5. The van der Waals surface area contributed by atoms with Gasteiger partial charge in [0.25, 0.3) is 5.91 Å². The molecular weight excluding hydrogens is 370 g/mol. The number of hydrogen-bond donors (Lipinski definition) is 3. The van der Waals surface area contributed by atoms with E-state index in [1.807, 2.05) is 13.0 Å². The summed E-state index contributed by atoms with van der Waals surface area (Å²) in [6.07, 6.45) is 2.34. The highest BCUT2D eigenvalue weighted by Crippen LogP contribution is 2.34. The second-order valence-electron chi connectivity index (χ2n) is 6.80. The number of hydrogen-bond acceptors (Lipinski definition) is 6. The molecule has 2 heterocycles. The van der Waals surface area contributed by atoms with E-state index in [0.717, 1.165) is 40.1 Å². The molecule has 1 amide bonds. The van der Waals surface area contributed by atoms with Crippen LogP contribution in [-0.4, -0.2) is 29.0 Å². The number of aromatic nitrogens is 2. The maximum atomic E-state index is 12.3. The van der Waals surface area contributed by atoms with Crippen molar-refractivity contribution in [1.29, 1.82) is 0 Å². The summed E-state index contributed by atoms with van der Waals surface area (Å²) in [5.74, 6) is 0.123. The third-order valence-corrected chi connectivity index (χ3v) is 5.59. The first-order valence-electron chi connectivity index (χ1n) is 9.69. The van der Waals surface area contributed by atoms with Gasteiger partial charge in [-0.3, -0.25) is 4.79 Å². The maximum Gasteiger partial charge on any atom is 0.261 e. The minimum atomic E-state index is -0.0966. The summed E-state index contributed by atoms with van der Waals surface area (Å²) in [7, 11) is 0. The van der Waals surface area contributed by atoms with Crippen LogP contribution in [0.25, 0.3) is 21.5 Å².